The number of aromatic nitrogens is 1. The van der Waals surface area contributed by atoms with Crippen LogP contribution in [-0.4, -0.2) is 17.9 Å². The van der Waals surface area contributed by atoms with Crippen LogP contribution in [0.4, 0.5) is 0 Å². The number of aryl methyl sites for hydroxylation is 1. The fourth-order valence-electron chi connectivity index (χ4n) is 2.81. The van der Waals surface area contributed by atoms with Crippen molar-refractivity contribution in [3.63, 3.8) is 0 Å². The summed E-state index contributed by atoms with van der Waals surface area (Å²) < 4.78 is 5.22. The van der Waals surface area contributed by atoms with Gasteiger partial charge in [0.1, 0.15) is 5.75 Å². The van der Waals surface area contributed by atoms with Crippen molar-refractivity contribution in [3.05, 3.63) is 59.4 Å². The van der Waals surface area contributed by atoms with E-state index >= 15 is 0 Å². The summed E-state index contributed by atoms with van der Waals surface area (Å²) in [6, 6.07) is 9.74. The highest BCUT2D eigenvalue weighted by Crippen LogP contribution is 2.30. The van der Waals surface area contributed by atoms with Crippen LogP contribution in [0.1, 0.15) is 27.9 Å². The second kappa shape index (κ2) is 5.45. The molecule has 0 saturated carbocycles. The summed E-state index contributed by atoms with van der Waals surface area (Å²) in [6.45, 7) is 0. The highest BCUT2D eigenvalue weighted by molar-refractivity contribution is 6.00. The van der Waals surface area contributed by atoms with Crippen molar-refractivity contribution in [2.75, 3.05) is 7.11 Å². The van der Waals surface area contributed by atoms with Gasteiger partial charge < -0.3 is 4.74 Å². The maximum Gasteiger partial charge on any atom is 0.166 e. The molecule has 102 valence electrons. The molecule has 1 aliphatic rings. The van der Waals surface area contributed by atoms with Crippen LogP contribution in [0.25, 0.3) is 0 Å². The Hall–Kier alpha value is -2.16. The van der Waals surface area contributed by atoms with E-state index in [9.17, 15) is 4.79 Å². The second-order valence-electron chi connectivity index (χ2n) is 5.19. The minimum absolute atomic E-state index is 0.0545. The molecule has 0 bridgehead atoms. The van der Waals surface area contributed by atoms with Gasteiger partial charge in [-0.3, -0.25) is 9.78 Å². The van der Waals surface area contributed by atoms with Gasteiger partial charge in [-0.1, -0.05) is 12.1 Å². The van der Waals surface area contributed by atoms with Crippen molar-refractivity contribution in [3.8, 4) is 5.75 Å². The van der Waals surface area contributed by atoms with Gasteiger partial charge in [-0.15, -0.1) is 0 Å². The first kappa shape index (κ1) is 12.9. The first-order valence-electron chi connectivity index (χ1n) is 6.88. The molecule has 3 heteroatoms. The summed E-state index contributed by atoms with van der Waals surface area (Å²) in [5.41, 5.74) is 3.08. The van der Waals surface area contributed by atoms with Gasteiger partial charge in [0.25, 0.3) is 0 Å². The fourth-order valence-corrected chi connectivity index (χ4v) is 2.81. The van der Waals surface area contributed by atoms with Crippen LogP contribution in [0.3, 0.4) is 0 Å². The van der Waals surface area contributed by atoms with Crippen LogP contribution in [-0.2, 0) is 12.8 Å². The topological polar surface area (TPSA) is 39.2 Å². The molecule has 1 aromatic carbocycles. The second-order valence-corrected chi connectivity index (χ2v) is 5.19. The molecule has 3 nitrogen and oxygen atoms in total. The molecule has 1 aromatic heterocycles. The molecular weight excluding hydrogens is 250 g/mol. The lowest BCUT2D eigenvalue weighted by Gasteiger charge is -2.23. The molecule has 0 radical (unpaired) electrons. The van der Waals surface area contributed by atoms with Crippen molar-refractivity contribution < 1.29 is 9.53 Å². The van der Waals surface area contributed by atoms with Crippen molar-refractivity contribution in [2.24, 2.45) is 5.92 Å². The third kappa shape index (κ3) is 2.44. The number of fused-ring (bicyclic) bond motifs is 1. The van der Waals surface area contributed by atoms with E-state index in [1.54, 1.807) is 13.3 Å². The number of hydrogen-bond donors (Lipinski definition) is 0. The Morgan fingerprint density at radius 2 is 2.25 bits per heavy atom. The maximum absolute atomic E-state index is 12.6. The summed E-state index contributed by atoms with van der Waals surface area (Å²) in [5, 5.41) is 0. The van der Waals surface area contributed by atoms with Gasteiger partial charge in [0.2, 0.25) is 0 Å². The van der Waals surface area contributed by atoms with E-state index in [0.717, 1.165) is 41.7 Å². The molecule has 2 aromatic rings. The lowest BCUT2D eigenvalue weighted by atomic mass is 9.80. The highest BCUT2D eigenvalue weighted by Gasteiger charge is 2.27. The Kier molecular flexibility index (Phi) is 3.50. The fraction of sp³-hybridized carbons (Fsp3) is 0.294. The molecule has 1 aliphatic carbocycles. The van der Waals surface area contributed by atoms with Crippen molar-refractivity contribution in [1.29, 1.82) is 0 Å². The Morgan fingerprint density at radius 1 is 1.35 bits per heavy atom. The number of rotatable bonds is 3. The first-order chi connectivity index (χ1) is 9.78. The van der Waals surface area contributed by atoms with Gasteiger partial charge >= 0.3 is 0 Å². The highest BCUT2D eigenvalue weighted by atomic mass is 16.5. The molecule has 0 amide bonds. The Morgan fingerprint density at radius 3 is 3.00 bits per heavy atom. The SMILES string of the molecule is COc1ccc2c(c1)C(=O)C(Cc1cccnc1)CC2. The zero-order valence-electron chi connectivity index (χ0n) is 11.5. The van der Waals surface area contributed by atoms with E-state index in [0.29, 0.717) is 0 Å². The van der Waals surface area contributed by atoms with Crippen LogP contribution in [0.2, 0.25) is 0 Å². The monoisotopic (exact) mass is 267 g/mol. The average molecular weight is 267 g/mol. The minimum atomic E-state index is 0.0545. The molecule has 0 fully saturated rings. The molecule has 20 heavy (non-hydrogen) atoms. The molecule has 0 aliphatic heterocycles. The number of Topliss-reactive ketones (excluding diaryl/α,β-unsaturated/α-hetero) is 1. The van der Waals surface area contributed by atoms with Crippen LogP contribution in [0, 0.1) is 5.92 Å². The van der Waals surface area contributed by atoms with E-state index < -0.39 is 0 Å². The number of carbonyl (C=O) groups excluding carboxylic acids is 1. The smallest absolute Gasteiger partial charge is 0.166 e. The van der Waals surface area contributed by atoms with Crippen LogP contribution < -0.4 is 4.74 Å². The summed E-state index contributed by atoms with van der Waals surface area (Å²) in [5.74, 6) is 1.03. The number of pyridine rings is 1. The van der Waals surface area contributed by atoms with Crippen molar-refractivity contribution in [1.82, 2.24) is 4.98 Å². The van der Waals surface area contributed by atoms with E-state index in [-0.39, 0.29) is 11.7 Å². The van der Waals surface area contributed by atoms with Crippen LogP contribution in [0.5, 0.6) is 5.75 Å². The van der Waals surface area contributed by atoms with E-state index in [2.05, 4.69) is 4.98 Å². The number of benzene rings is 1. The molecule has 0 saturated heterocycles. The average Bonchev–Trinajstić information content (AvgIpc) is 2.51. The standard InChI is InChI=1S/C17H17NO2/c1-20-15-7-6-13-4-5-14(17(19)16(13)10-15)9-12-3-2-8-18-11-12/h2-3,6-8,10-11,14H,4-5,9H2,1H3. The van der Waals surface area contributed by atoms with Gasteiger partial charge in [-0.2, -0.15) is 0 Å². The van der Waals surface area contributed by atoms with Gasteiger partial charge in [0, 0.05) is 23.9 Å². The summed E-state index contributed by atoms with van der Waals surface area (Å²) in [4.78, 5) is 16.7. The lowest BCUT2D eigenvalue weighted by molar-refractivity contribution is 0.0901. The number of hydrogen-bond acceptors (Lipinski definition) is 3. The molecule has 1 atom stereocenters. The van der Waals surface area contributed by atoms with Crippen LogP contribution >= 0.6 is 0 Å². The summed E-state index contributed by atoms with van der Waals surface area (Å²) in [6.07, 6.45) is 6.23. The van der Waals surface area contributed by atoms with Crippen LogP contribution in [0.15, 0.2) is 42.7 Å². The number of carbonyl (C=O) groups is 1. The number of methoxy groups -OCH3 is 1. The zero-order valence-corrected chi connectivity index (χ0v) is 11.5. The maximum atomic E-state index is 12.6. The Labute approximate surface area is 118 Å². The van der Waals surface area contributed by atoms with E-state index in [4.69, 9.17) is 4.74 Å². The predicted molar refractivity (Wildman–Crippen MR) is 77.1 cm³/mol. The van der Waals surface area contributed by atoms with E-state index in [1.807, 2.05) is 36.5 Å². The quantitative estimate of drug-likeness (QED) is 0.858. The summed E-state index contributed by atoms with van der Waals surface area (Å²) >= 11 is 0. The number of ether oxygens (including phenoxy) is 1. The third-order valence-corrected chi connectivity index (χ3v) is 3.92. The van der Waals surface area contributed by atoms with Gasteiger partial charge in [-0.05, 0) is 48.6 Å². The molecule has 0 spiro atoms. The molecular formula is C17H17NO2. The van der Waals surface area contributed by atoms with Gasteiger partial charge in [0.05, 0.1) is 7.11 Å². The van der Waals surface area contributed by atoms with Gasteiger partial charge in [-0.25, -0.2) is 0 Å². The number of ketones is 1. The Bertz CT molecular complexity index is 622. The minimum Gasteiger partial charge on any atom is -0.497 e. The predicted octanol–water partition coefficient (Wildman–Crippen LogP) is 3.08. The lowest BCUT2D eigenvalue weighted by Crippen LogP contribution is -2.24. The Balaban J connectivity index is 1.85. The first-order valence-corrected chi connectivity index (χ1v) is 6.88. The molecule has 1 unspecified atom stereocenters. The van der Waals surface area contributed by atoms with Crippen molar-refractivity contribution in [2.45, 2.75) is 19.3 Å². The summed E-state index contributed by atoms with van der Waals surface area (Å²) in [7, 11) is 1.63. The molecule has 0 N–H and O–H groups in total. The van der Waals surface area contributed by atoms with Crippen molar-refractivity contribution >= 4 is 5.78 Å². The zero-order chi connectivity index (χ0) is 13.9. The van der Waals surface area contributed by atoms with E-state index in [1.165, 1.54) is 0 Å². The third-order valence-electron chi connectivity index (χ3n) is 3.92. The normalized spacial score (nSPS) is 17.6. The van der Waals surface area contributed by atoms with Gasteiger partial charge in [0.15, 0.2) is 5.78 Å². The molecule has 1 heterocycles. The largest absolute Gasteiger partial charge is 0.497 e. The number of nitrogens with zero attached hydrogens (tertiary/aromatic N) is 1. The molecule has 3 rings (SSSR count).